The Balaban J connectivity index is 0.000000208. The fourth-order valence-corrected chi connectivity index (χ4v) is 4.60. The van der Waals surface area contributed by atoms with Crippen LogP contribution in [0.2, 0.25) is 5.02 Å². The Morgan fingerprint density at radius 1 is 1.07 bits per heavy atom. The Morgan fingerprint density at radius 3 is 2.64 bits per heavy atom. The molecule has 0 unspecified atom stereocenters. The minimum absolute atomic E-state index is 0.0224. The highest BCUT2D eigenvalue weighted by Crippen LogP contribution is 2.28. The van der Waals surface area contributed by atoms with Crippen LogP contribution in [0.25, 0.3) is 22.2 Å². The number of benzene rings is 3. The van der Waals surface area contributed by atoms with Crippen molar-refractivity contribution in [2.24, 2.45) is 4.99 Å². The van der Waals surface area contributed by atoms with E-state index in [4.69, 9.17) is 20.8 Å². The molecule has 0 aliphatic rings. The Kier molecular flexibility index (Phi) is 10.3. The molecule has 42 heavy (non-hydrogen) atoms. The maximum atomic E-state index is 12.9. The molecule has 0 atom stereocenters. The Hall–Kier alpha value is -4.28. The van der Waals surface area contributed by atoms with Crippen LogP contribution in [0.15, 0.2) is 88.5 Å². The van der Waals surface area contributed by atoms with Crippen molar-refractivity contribution in [2.75, 3.05) is 30.9 Å². The second-order valence-corrected chi connectivity index (χ2v) is 12.1. The van der Waals surface area contributed by atoms with E-state index in [0.29, 0.717) is 28.9 Å². The molecule has 2 aromatic heterocycles. The van der Waals surface area contributed by atoms with Gasteiger partial charge >= 0.3 is 0 Å². The van der Waals surface area contributed by atoms with Crippen molar-refractivity contribution in [3.63, 3.8) is 0 Å². The van der Waals surface area contributed by atoms with E-state index in [0.717, 1.165) is 33.4 Å². The van der Waals surface area contributed by atoms with E-state index in [1.807, 2.05) is 62.5 Å². The quantitative estimate of drug-likeness (QED) is 0.184. The number of sulfone groups is 1. The lowest BCUT2D eigenvalue weighted by atomic mass is 10.1. The minimum Gasteiger partial charge on any atom is -0.487 e. The predicted octanol–water partition coefficient (Wildman–Crippen LogP) is 6.76. The number of hydrogen-bond donors (Lipinski definition) is 1. The molecule has 5 rings (SSSR count). The highest BCUT2D eigenvalue weighted by molar-refractivity contribution is 7.90. The highest BCUT2D eigenvalue weighted by atomic mass is 35.5. The molecule has 2 heterocycles. The summed E-state index contributed by atoms with van der Waals surface area (Å²) in [6, 6.07) is 21.3. The molecule has 0 saturated carbocycles. The summed E-state index contributed by atoms with van der Waals surface area (Å²) in [5.41, 5.74) is 3.60. The van der Waals surface area contributed by atoms with Crippen LogP contribution < -0.4 is 10.1 Å². The monoisotopic (exact) mass is 608 g/mol. The maximum absolute atomic E-state index is 12.9. The lowest BCUT2D eigenvalue weighted by Gasteiger charge is -2.08. The number of furan rings is 1. The van der Waals surface area contributed by atoms with Crippen molar-refractivity contribution < 1.29 is 22.0 Å². The Labute approximate surface area is 249 Å². The molecule has 11 heteroatoms. The van der Waals surface area contributed by atoms with Gasteiger partial charge in [0.15, 0.2) is 0 Å². The third kappa shape index (κ3) is 8.86. The number of halogens is 2. The number of anilines is 1. The van der Waals surface area contributed by atoms with Gasteiger partial charge in [0.25, 0.3) is 0 Å². The van der Waals surface area contributed by atoms with E-state index >= 15 is 0 Å². The van der Waals surface area contributed by atoms with Crippen molar-refractivity contribution in [2.45, 2.75) is 13.5 Å². The molecule has 0 radical (unpaired) electrons. The minimum atomic E-state index is -3.01. The van der Waals surface area contributed by atoms with E-state index in [1.165, 1.54) is 30.9 Å². The number of fused-ring (bicyclic) bond motifs is 1. The van der Waals surface area contributed by atoms with E-state index in [-0.39, 0.29) is 18.1 Å². The molecule has 218 valence electrons. The molecule has 0 saturated heterocycles. The Bertz CT molecular complexity index is 1810. The lowest BCUT2D eigenvalue weighted by Crippen LogP contribution is -2.05. The topological polar surface area (TPSA) is 107 Å². The molecule has 0 spiro atoms. The molecule has 0 fully saturated rings. The van der Waals surface area contributed by atoms with Crippen LogP contribution >= 0.6 is 11.6 Å². The predicted molar refractivity (Wildman–Crippen MR) is 166 cm³/mol. The van der Waals surface area contributed by atoms with Crippen LogP contribution in [-0.2, 0) is 16.4 Å². The highest BCUT2D eigenvalue weighted by Gasteiger charge is 2.08. The zero-order valence-corrected chi connectivity index (χ0v) is 24.9. The smallest absolute Gasteiger partial charge is 0.149 e. The summed E-state index contributed by atoms with van der Waals surface area (Å²) < 4.78 is 46.4. The molecule has 1 N–H and O–H groups in total. The Morgan fingerprint density at radius 2 is 1.90 bits per heavy atom. The molecule has 8 nitrogen and oxygen atoms in total. The summed E-state index contributed by atoms with van der Waals surface area (Å²) in [6.07, 6.45) is 4.25. The van der Waals surface area contributed by atoms with Crippen LogP contribution in [0.5, 0.6) is 5.75 Å². The van der Waals surface area contributed by atoms with Gasteiger partial charge in [-0.25, -0.2) is 22.8 Å². The van der Waals surface area contributed by atoms with Gasteiger partial charge in [-0.1, -0.05) is 29.8 Å². The average molecular weight is 609 g/mol. The van der Waals surface area contributed by atoms with Gasteiger partial charge in [0.1, 0.15) is 51.7 Å². The van der Waals surface area contributed by atoms with Crippen LogP contribution in [0, 0.1) is 12.7 Å². The first-order valence-electron chi connectivity index (χ1n) is 12.9. The first-order valence-corrected chi connectivity index (χ1v) is 15.4. The number of rotatable bonds is 9. The summed E-state index contributed by atoms with van der Waals surface area (Å²) in [5, 5.41) is 4.52. The average Bonchev–Trinajstić information content (AvgIpc) is 3.43. The molecule has 5 aromatic rings. The largest absolute Gasteiger partial charge is 0.487 e. The summed E-state index contributed by atoms with van der Waals surface area (Å²) >= 11 is 6.03. The maximum Gasteiger partial charge on any atom is 0.149 e. The van der Waals surface area contributed by atoms with E-state index in [1.54, 1.807) is 12.1 Å². The van der Waals surface area contributed by atoms with Crippen LogP contribution in [0.4, 0.5) is 10.2 Å². The fraction of sp³-hybridized carbons (Fsp3) is 0.194. The zero-order valence-electron chi connectivity index (χ0n) is 23.3. The third-order valence-corrected chi connectivity index (χ3v) is 7.18. The van der Waals surface area contributed by atoms with E-state index in [2.05, 4.69) is 20.3 Å². The van der Waals surface area contributed by atoms with Gasteiger partial charge in [-0.3, -0.25) is 4.99 Å². The van der Waals surface area contributed by atoms with Gasteiger partial charge in [0.05, 0.1) is 29.1 Å². The second-order valence-electron chi connectivity index (χ2n) is 9.42. The van der Waals surface area contributed by atoms with E-state index < -0.39 is 9.84 Å². The van der Waals surface area contributed by atoms with Gasteiger partial charge in [0.2, 0.25) is 0 Å². The number of aryl methyl sites for hydroxylation is 1. The molecular formula is C31H30ClFN4O4S. The number of nitrogens with zero attached hydrogens (tertiary/aromatic N) is 3. The summed E-state index contributed by atoms with van der Waals surface area (Å²) in [6.45, 7) is 2.48. The molecule has 0 bridgehead atoms. The number of hydrogen-bond acceptors (Lipinski definition) is 8. The number of ether oxygens (including phenoxy) is 1. The molecular weight excluding hydrogens is 579 g/mol. The summed E-state index contributed by atoms with van der Waals surface area (Å²) in [4.78, 5) is 12.5. The first-order chi connectivity index (χ1) is 20.1. The van der Waals surface area contributed by atoms with Crippen molar-refractivity contribution >= 4 is 44.4 Å². The molecule has 0 aliphatic carbocycles. The first kappa shape index (κ1) is 30.7. The number of nitrogens with one attached hydrogen (secondary N) is 1. The molecule has 3 aromatic carbocycles. The molecule has 0 aliphatic heterocycles. The normalized spacial score (nSPS) is 11.4. The van der Waals surface area contributed by atoms with Crippen LogP contribution in [0.1, 0.15) is 16.9 Å². The van der Waals surface area contributed by atoms with Crippen molar-refractivity contribution in [1.29, 1.82) is 0 Å². The molecule has 0 amide bonds. The second kappa shape index (κ2) is 14.1. The van der Waals surface area contributed by atoms with Crippen molar-refractivity contribution in [3.8, 4) is 17.1 Å². The van der Waals surface area contributed by atoms with Crippen molar-refractivity contribution in [3.05, 3.63) is 107 Å². The lowest BCUT2D eigenvalue weighted by molar-refractivity contribution is 0.305. The van der Waals surface area contributed by atoms with Crippen LogP contribution in [-0.4, -0.2) is 50.2 Å². The number of aromatic nitrogens is 2. The fourth-order valence-electron chi connectivity index (χ4n) is 3.87. The van der Waals surface area contributed by atoms with Crippen molar-refractivity contribution in [1.82, 2.24) is 9.97 Å². The van der Waals surface area contributed by atoms with Gasteiger partial charge in [0, 0.05) is 24.3 Å². The van der Waals surface area contributed by atoms with Gasteiger partial charge in [-0.05, 0) is 72.6 Å². The van der Waals surface area contributed by atoms with Gasteiger partial charge < -0.3 is 14.5 Å². The SMILES string of the molecule is CNc1ncnc2ccc(-c3ccc(C=NCCS(C)(=O)=O)o3)cc12.Cc1ccc(OCc2cccc(F)c2)c(Cl)c1. The zero-order chi connectivity index (χ0) is 30.1. The van der Waals surface area contributed by atoms with Gasteiger partial charge in [-0.15, -0.1) is 0 Å². The van der Waals surface area contributed by atoms with Crippen LogP contribution in [0.3, 0.4) is 0 Å². The summed E-state index contributed by atoms with van der Waals surface area (Å²) in [5.74, 6) is 2.39. The number of aliphatic imine (C=N–C) groups is 1. The standard InChI is InChI=1S/C17H18N4O3S.C14H12ClFO/c1-18-17-14-9-12(3-5-15(14)20-11-21-17)16-6-4-13(24-16)10-19-7-8-25(2,22)23;1-10-5-6-14(13(15)7-10)17-9-11-3-2-4-12(16)8-11/h3-6,9-11H,7-8H2,1-2H3,(H,18,20,21);2-8H,9H2,1H3. The summed E-state index contributed by atoms with van der Waals surface area (Å²) in [7, 11) is -1.19. The third-order valence-electron chi connectivity index (χ3n) is 5.96. The van der Waals surface area contributed by atoms with E-state index in [9.17, 15) is 12.8 Å². The van der Waals surface area contributed by atoms with Gasteiger partial charge in [-0.2, -0.15) is 0 Å².